The Hall–Kier alpha value is -2.82. The Balaban J connectivity index is 1.69. The predicted molar refractivity (Wildman–Crippen MR) is 140 cm³/mol. The van der Waals surface area contributed by atoms with Crippen molar-refractivity contribution in [1.29, 1.82) is 0 Å². The molecule has 1 unspecified atom stereocenters. The topological polar surface area (TPSA) is 32.8 Å². The number of nitrogens with zero attached hydrogens (tertiary/aromatic N) is 2. The maximum atomic E-state index is 14.8. The van der Waals surface area contributed by atoms with Crippen LogP contribution in [0.4, 0.5) is 15.8 Å². The van der Waals surface area contributed by atoms with Crippen LogP contribution >= 0.6 is 0 Å². The maximum Gasteiger partial charge on any atom is 0.306 e. The molecule has 1 aliphatic heterocycles. The highest BCUT2D eigenvalue weighted by atomic mass is 19.1. The first-order valence-electron chi connectivity index (χ1n) is 12.5. The monoisotopic (exact) mass is 466 g/mol. The smallest absolute Gasteiger partial charge is 0.306 e. The molecule has 0 saturated carbocycles. The van der Waals surface area contributed by atoms with Crippen LogP contribution in [0.5, 0.6) is 0 Å². The van der Waals surface area contributed by atoms with Gasteiger partial charge in [0.05, 0.1) is 18.0 Å². The minimum Gasteiger partial charge on any atom is -0.466 e. The molecule has 0 radical (unpaired) electrons. The summed E-state index contributed by atoms with van der Waals surface area (Å²) in [7, 11) is 2.11. The number of aryl methyl sites for hydroxylation is 1. The van der Waals surface area contributed by atoms with Gasteiger partial charge in [-0.05, 0) is 69.7 Å². The highest BCUT2D eigenvalue weighted by Crippen LogP contribution is 2.38. The lowest BCUT2D eigenvalue weighted by molar-refractivity contribution is -0.143. The Morgan fingerprint density at radius 2 is 2.18 bits per heavy atom. The van der Waals surface area contributed by atoms with Crippen molar-refractivity contribution in [2.45, 2.75) is 52.9 Å². The Bertz CT molecular complexity index is 976. The van der Waals surface area contributed by atoms with Gasteiger partial charge in [-0.3, -0.25) is 4.79 Å². The van der Waals surface area contributed by atoms with Crippen molar-refractivity contribution in [1.82, 2.24) is 0 Å². The molecule has 1 atom stereocenters. The van der Waals surface area contributed by atoms with E-state index in [2.05, 4.69) is 60.2 Å². The summed E-state index contributed by atoms with van der Waals surface area (Å²) in [6.45, 7) is 9.06. The molecule has 5 heteroatoms. The average Bonchev–Trinajstić information content (AvgIpc) is 2.82. The number of benzene rings is 1. The highest BCUT2D eigenvalue weighted by molar-refractivity contribution is 5.76. The summed E-state index contributed by atoms with van der Waals surface area (Å²) < 4.78 is 19.7. The molecule has 1 aliphatic carbocycles. The van der Waals surface area contributed by atoms with E-state index in [1.165, 1.54) is 22.5 Å². The lowest BCUT2D eigenvalue weighted by Gasteiger charge is -2.37. The molecule has 4 nitrogen and oxygen atoms in total. The van der Waals surface area contributed by atoms with Gasteiger partial charge in [0.25, 0.3) is 0 Å². The van der Waals surface area contributed by atoms with Gasteiger partial charge in [0.2, 0.25) is 0 Å². The van der Waals surface area contributed by atoms with Crippen LogP contribution in [0.1, 0.15) is 52.0 Å². The molecular formula is C29H39FN2O2. The van der Waals surface area contributed by atoms with E-state index in [1.807, 2.05) is 13.0 Å². The molecular weight excluding hydrogens is 427 g/mol. The van der Waals surface area contributed by atoms with Gasteiger partial charge in [-0.1, -0.05) is 42.0 Å². The lowest BCUT2D eigenvalue weighted by atomic mass is 9.92. The summed E-state index contributed by atoms with van der Waals surface area (Å²) in [5, 5.41) is 0. The predicted octanol–water partition coefficient (Wildman–Crippen LogP) is 6.54. The third-order valence-electron chi connectivity index (χ3n) is 6.48. The SMILES string of the molecule is C/C=C\C=C(/C)CN1CCCc2cccc(N(C)CC3C=C(F)C(CCC(=O)OCC)=CC3)c21. The number of ether oxygens (including phenoxy) is 1. The minimum atomic E-state index is -0.271. The third kappa shape index (κ3) is 6.85. The molecule has 34 heavy (non-hydrogen) atoms. The van der Waals surface area contributed by atoms with E-state index in [-0.39, 0.29) is 24.1 Å². The average molecular weight is 467 g/mol. The molecule has 2 aliphatic rings. The maximum absolute atomic E-state index is 14.8. The number of allylic oxidation sites excluding steroid dienone is 6. The number of carbonyl (C=O) groups excluding carboxylic acids is 1. The molecule has 1 aromatic carbocycles. The number of halogens is 1. The van der Waals surface area contributed by atoms with Crippen molar-refractivity contribution < 1.29 is 13.9 Å². The first-order chi connectivity index (χ1) is 16.4. The van der Waals surface area contributed by atoms with Gasteiger partial charge >= 0.3 is 5.97 Å². The van der Waals surface area contributed by atoms with Gasteiger partial charge in [-0.15, -0.1) is 0 Å². The number of esters is 1. The number of hydrogen-bond acceptors (Lipinski definition) is 4. The number of anilines is 2. The fourth-order valence-corrected chi connectivity index (χ4v) is 4.84. The van der Waals surface area contributed by atoms with E-state index < -0.39 is 0 Å². The minimum absolute atomic E-state index is 0.0977. The fourth-order valence-electron chi connectivity index (χ4n) is 4.84. The first-order valence-corrected chi connectivity index (χ1v) is 12.5. The van der Waals surface area contributed by atoms with E-state index in [0.717, 1.165) is 38.9 Å². The number of para-hydroxylation sites is 1. The summed E-state index contributed by atoms with van der Waals surface area (Å²) in [4.78, 5) is 16.4. The van der Waals surface area contributed by atoms with Gasteiger partial charge in [0.15, 0.2) is 0 Å². The zero-order valence-corrected chi connectivity index (χ0v) is 21.1. The molecule has 0 aromatic heterocycles. The zero-order valence-electron chi connectivity index (χ0n) is 21.1. The van der Waals surface area contributed by atoms with Gasteiger partial charge in [-0.2, -0.15) is 0 Å². The Kier molecular flexibility index (Phi) is 9.55. The standard InChI is InChI=1S/C29H39FN2O2/c1-5-7-10-22(3)20-32-18-9-12-25-11-8-13-27(29(25)32)31(4)21-23-14-15-24(26(30)19-23)16-17-28(33)34-6-2/h5,7-8,10-11,13,15,19,23H,6,9,12,14,16-18,20-21H2,1-4H3/b7-5-,22-10+. The number of fused-ring (bicyclic) bond motifs is 1. The van der Waals surface area contributed by atoms with Gasteiger partial charge < -0.3 is 14.5 Å². The second-order valence-electron chi connectivity index (χ2n) is 9.27. The van der Waals surface area contributed by atoms with Gasteiger partial charge in [0.1, 0.15) is 5.83 Å². The number of hydrogen-bond donors (Lipinski definition) is 0. The summed E-state index contributed by atoms with van der Waals surface area (Å²) in [6.07, 6.45) is 13.7. The van der Waals surface area contributed by atoms with E-state index in [9.17, 15) is 9.18 Å². The first kappa shape index (κ1) is 25.8. The second-order valence-corrected chi connectivity index (χ2v) is 9.27. The Morgan fingerprint density at radius 3 is 2.91 bits per heavy atom. The highest BCUT2D eigenvalue weighted by Gasteiger charge is 2.24. The van der Waals surface area contributed by atoms with Crippen molar-refractivity contribution >= 4 is 17.3 Å². The number of carbonyl (C=O) groups is 1. The molecule has 1 heterocycles. The van der Waals surface area contributed by atoms with Crippen molar-refractivity contribution in [2.75, 3.05) is 43.1 Å². The Labute approximate surface area is 204 Å². The van der Waals surface area contributed by atoms with Gasteiger partial charge in [-0.25, -0.2) is 4.39 Å². The molecule has 0 spiro atoms. The van der Waals surface area contributed by atoms with Crippen LogP contribution < -0.4 is 9.80 Å². The van der Waals surface area contributed by atoms with E-state index >= 15 is 0 Å². The summed E-state index contributed by atoms with van der Waals surface area (Å²) in [5.41, 5.74) is 5.87. The van der Waals surface area contributed by atoms with Crippen LogP contribution in [0.3, 0.4) is 0 Å². The fraction of sp³-hybridized carbons (Fsp3) is 0.483. The molecule has 0 amide bonds. The molecule has 184 valence electrons. The molecule has 1 aromatic rings. The van der Waals surface area contributed by atoms with Crippen LogP contribution in [0.15, 0.2) is 65.6 Å². The molecule has 0 fully saturated rings. The lowest BCUT2D eigenvalue weighted by Crippen LogP contribution is -2.34. The molecule has 0 bridgehead atoms. The van der Waals surface area contributed by atoms with Crippen molar-refractivity contribution in [2.24, 2.45) is 5.92 Å². The normalized spacial score (nSPS) is 18.4. The number of rotatable bonds is 10. The second kappa shape index (κ2) is 12.6. The summed E-state index contributed by atoms with van der Waals surface area (Å²) in [5.74, 6) is -0.372. The Morgan fingerprint density at radius 1 is 1.35 bits per heavy atom. The van der Waals surface area contributed by atoms with E-state index in [1.54, 1.807) is 13.0 Å². The van der Waals surface area contributed by atoms with Crippen LogP contribution in [-0.2, 0) is 16.0 Å². The van der Waals surface area contributed by atoms with Crippen LogP contribution in [0.2, 0.25) is 0 Å². The van der Waals surface area contributed by atoms with Crippen LogP contribution in [-0.4, -0.2) is 39.3 Å². The third-order valence-corrected chi connectivity index (χ3v) is 6.48. The largest absolute Gasteiger partial charge is 0.466 e. The van der Waals surface area contributed by atoms with Crippen molar-refractivity contribution in [3.8, 4) is 0 Å². The van der Waals surface area contributed by atoms with E-state index in [0.29, 0.717) is 18.6 Å². The van der Waals surface area contributed by atoms with E-state index in [4.69, 9.17) is 4.74 Å². The van der Waals surface area contributed by atoms with Crippen molar-refractivity contribution in [3.05, 3.63) is 71.1 Å². The zero-order chi connectivity index (χ0) is 24.5. The van der Waals surface area contributed by atoms with Crippen molar-refractivity contribution in [3.63, 3.8) is 0 Å². The van der Waals surface area contributed by atoms with Gasteiger partial charge in [0, 0.05) is 39.0 Å². The van der Waals surface area contributed by atoms with Crippen LogP contribution in [0.25, 0.3) is 0 Å². The molecule has 0 saturated heterocycles. The van der Waals surface area contributed by atoms with Crippen LogP contribution in [0, 0.1) is 5.92 Å². The summed E-state index contributed by atoms with van der Waals surface area (Å²) >= 11 is 0. The quantitative estimate of drug-likeness (QED) is 0.289. The molecule has 0 N–H and O–H groups in total. The molecule has 3 rings (SSSR count). The summed E-state index contributed by atoms with van der Waals surface area (Å²) in [6, 6.07) is 6.57.